The molecule has 1 saturated carbocycles. The number of ether oxygens (including phenoxy) is 1. The third-order valence-electron chi connectivity index (χ3n) is 4.63. The number of carboxylic acid groups (broad SMARTS) is 1. The Hall–Kier alpha value is -1.30. The SMILES string of the molecule is CC1CC(C(=O)O)(N(C(=O)OC(C)(C)C)C2CC2)CCN1C. The van der Waals surface area contributed by atoms with E-state index >= 15 is 0 Å². The summed E-state index contributed by atoms with van der Waals surface area (Å²) in [6, 6.07) is 0.120. The molecule has 2 fully saturated rings. The summed E-state index contributed by atoms with van der Waals surface area (Å²) >= 11 is 0. The molecule has 1 N–H and O–H groups in total. The molecule has 0 aromatic carbocycles. The molecular formula is C16H28N2O4. The van der Waals surface area contributed by atoms with Gasteiger partial charge in [0.15, 0.2) is 0 Å². The van der Waals surface area contributed by atoms with Gasteiger partial charge in [-0.25, -0.2) is 9.59 Å². The zero-order valence-electron chi connectivity index (χ0n) is 14.3. The lowest BCUT2D eigenvalue weighted by Gasteiger charge is -2.47. The molecule has 1 heterocycles. The Morgan fingerprint density at radius 1 is 1.32 bits per heavy atom. The maximum atomic E-state index is 12.7. The average molecular weight is 312 g/mol. The van der Waals surface area contributed by atoms with Crippen LogP contribution in [-0.2, 0) is 9.53 Å². The van der Waals surface area contributed by atoms with Crippen LogP contribution in [0.2, 0.25) is 0 Å². The summed E-state index contributed by atoms with van der Waals surface area (Å²) in [5.74, 6) is -0.912. The quantitative estimate of drug-likeness (QED) is 0.866. The van der Waals surface area contributed by atoms with Gasteiger partial charge in [0.05, 0.1) is 0 Å². The number of likely N-dealkylation sites (tertiary alicyclic amines) is 1. The van der Waals surface area contributed by atoms with E-state index in [4.69, 9.17) is 4.74 Å². The van der Waals surface area contributed by atoms with Crippen molar-refractivity contribution in [3.63, 3.8) is 0 Å². The van der Waals surface area contributed by atoms with Crippen LogP contribution >= 0.6 is 0 Å². The Labute approximate surface area is 132 Å². The van der Waals surface area contributed by atoms with Crippen LogP contribution in [0.25, 0.3) is 0 Å². The van der Waals surface area contributed by atoms with Gasteiger partial charge in [-0.3, -0.25) is 4.90 Å². The van der Waals surface area contributed by atoms with Gasteiger partial charge in [-0.2, -0.15) is 0 Å². The molecule has 2 atom stereocenters. The zero-order chi connectivity index (χ0) is 16.7. The number of rotatable bonds is 3. The monoisotopic (exact) mass is 312 g/mol. The van der Waals surface area contributed by atoms with E-state index in [0.29, 0.717) is 19.4 Å². The highest BCUT2D eigenvalue weighted by molar-refractivity contribution is 5.85. The normalized spacial score (nSPS) is 30.0. The van der Waals surface area contributed by atoms with Gasteiger partial charge in [-0.05, 0) is 60.4 Å². The number of hydrogen-bond acceptors (Lipinski definition) is 4. The molecule has 2 aliphatic rings. The van der Waals surface area contributed by atoms with E-state index in [1.54, 1.807) is 20.8 Å². The molecule has 2 unspecified atom stereocenters. The minimum Gasteiger partial charge on any atom is -0.479 e. The lowest BCUT2D eigenvalue weighted by molar-refractivity contribution is -0.156. The fourth-order valence-corrected chi connectivity index (χ4v) is 3.16. The van der Waals surface area contributed by atoms with E-state index in [9.17, 15) is 14.7 Å². The van der Waals surface area contributed by atoms with Crippen LogP contribution in [-0.4, -0.2) is 63.8 Å². The Bertz CT molecular complexity index is 456. The summed E-state index contributed by atoms with van der Waals surface area (Å²) in [6.45, 7) is 8.10. The molecule has 0 aromatic heterocycles. The Kier molecular flexibility index (Phi) is 4.44. The Balaban J connectivity index is 2.31. The lowest BCUT2D eigenvalue weighted by Crippen LogP contribution is -2.64. The summed E-state index contributed by atoms with van der Waals surface area (Å²) in [5, 5.41) is 9.92. The largest absolute Gasteiger partial charge is 0.479 e. The number of carboxylic acids is 1. The molecule has 1 aliphatic carbocycles. The molecule has 6 nitrogen and oxygen atoms in total. The van der Waals surface area contributed by atoms with Gasteiger partial charge < -0.3 is 14.7 Å². The minimum absolute atomic E-state index is 0.00144. The Morgan fingerprint density at radius 2 is 1.91 bits per heavy atom. The van der Waals surface area contributed by atoms with Crippen molar-refractivity contribution in [3.05, 3.63) is 0 Å². The topological polar surface area (TPSA) is 70.1 Å². The second-order valence-electron chi connectivity index (χ2n) is 7.70. The summed E-state index contributed by atoms with van der Waals surface area (Å²) < 4.78 is 5.50. The number of carbonyl (C=O) groups is 2. The molecule has 1 aliphatic heterocycles. The fourth-order valence-electron chi connectivity index (χ4n) is 3.16. The van der Waals surface area contributed by atoms with Crippen molar-refractivity contribution < 1.29 is 19.4 Å². The molecule has 0 bridgehead atoms. The van der Waals surface area contributed by atoms with Gasteiger partial charge in [-0.1, -0.05) is 0 Å². The van der Waals surface area contributed by atoms with Crippen molar-refractivity contribution in [2.24, 2.45) is 0 Å². The first kappa shape index (κ1) is 17.1. The second-order valence-corrected chi connectivity index (χ2v) is 7.70. The van der Waals surface area contributed by atoms with Crippen molar-refractivity contribution in [3.8, 4) is 0 Å². The summed E-state index contributed by atoms with van der Waals surface area (Å²) in [6.07, 6.45) is 2.11. The average Bonchev–Trinajstić information content (AvgIpc) is 3.16. The van der Waals surface area contributed by atoms with E-state index in [1.165, 1.54) is 4.90 Å². The van der Waals surface area contributed by atoms with Gasteiger partial charge in [0.25, 0.3) is 0 Å². The summed E-state index contributed by atoms with van der Waals surface area (Å²) in [7, 11) is 1.99. The maximum Gasteiger partial charge on any atom is 0.411 e. The smallest absolute Gasteiger partial charge is 0.411 e. The number of nitrogens with zero attached hydrogens (tertiary/aromatic N) is 2. The van der Waals surface area contributed by atoms with E-state index in [1.807, 2.05) is 14.0 Å². The van der Waals surface area contributed by atoms with Gasteiger partial charge >= 0.3 is 12.1 Å². The Morgan fingerprint density at radius 3 is 2.32 bits per heavy atom. The van der Waals surface area contributed by atoms with Crippen LogP contribution in [0, 0.1) is 0 Å². The van der Waals surface area contributed by atoms with Crippen LogP contribution < -0.4 is 0 Å². The van der Waals surface area contributed by atoms with Crippen LogP contribution in [0.5, 0.6) is 0 Å². The van der Waals surface area contributed by atoms with Crippen molar-refractivity contribution in [1.82, 2.24) is 9.80 Å². The van der Waals surface area contributed by atoms with Crippen LogP contribution in [0.1, 0.15) is 53.4 Å². The number of amides is 1. The fraction of sp³-hybridized carbons (Fsp3) is 0.875. The summed E-state index contributed by atoms with van der Waals surface area (Å²) in [5.41, 5.74) is -1.77. The zero-order valence-corrected chi connectivity index (χ0v) is 14.3. The third-order valence-corrected chi connectivity index (χ3v) is 4.63. The van der Waals surface area contributed by atoms with Crippen molar-refractivity contribution in [1.29, 1.82) is 0 Å². The molecule has 1 amide bonds. The van der Waals surface area contributed by atoms with Crippen LogP contribution in [0.15, 0.2) is 0 Å². The number of carbonyl (C=O) groups excluding carboxylic acids is 1. The van der Waals surface area contributed by atoms with E-state index in [2.05, 4.69) is 4.90 Å². The molecule has 126 valence electrons. The van der Waals surface area contributed by atoms with E-state index < -0.39 is 23.2 Å². The van der Waals surface area contributed by atoms with Crippen LogP contribution in [0.4, 0.5) is 4.79 Å². The highest BCUT2D eigenvalue weighted by Gasteiger charge is 2.55. The molecule has 22 heavy (non-hydrogen) atoms. The number of hydrogen-bond donors (Lipinski definition) is 1. The van der Waals surface area contributed by atoms with Crippen molar-refractivity contribution in [2.45, 2.75) is 76.6 Å². The van der Waals surface area contributed by atoms with Gasteiger partial charge in [-0.15, -0.1) is 0 Å². The number of piperidine rings is 1. The molecule has 0 spiro atoms. The van der Waals surface area contributed by atoms with E-state index in [0.717, 1.165) is 12.8 Å². The lowest BCUT2D eigenvalue weighted by atomic mass is 9.82. The number of aliphatic carboxylic acids is 1. The standard InChI is InChI=1S/C16H28N2O4/c1-11-10-16(13(19)20,8-9-17(11)5)18(12-6-7-12)14(21)22-15(2,3)4/h11-12H,6-10H2,1-5H3,(H,19,20). The second kappa shape index (κ2) is 5.72. The molecule has 1 saturated heterocycles. The first-order valence-electron chi connectivity index (χ1n) is 8.03. The molecular weight excluding hydrogens is 284 g/mol. The first-order valence-corrected chi connectivity index (χ1v) is 8.03. The molecule has 0 radical (unpaired) electrons. The van der Waals surface area contributed by atoms with Crippen molar-refractivity contribution >= 4 is 12.1 Å². The van der Waals surface area contributed by atoms with E-state index in [-0.39, 0.29) is 12.1 Å². The third kappa shape index (κ3) is 3.37. The van der Waals surface area contributed by atoms with Crippen molar-refractivity contribution in [2.75, 3.05) is 13.6 Å². The van der Waals surface area contributed by atoms with Gasteiger partial charge in [0.2, 0.25) is 0 Å². The predicted molar refractivity (Wildman–Crippen MR) is 82.8 cm³/mol. The minimum atomic E-state index is -1.14. The highest BCUT2D eigenvalue weighted by Crippen LogP contribution is 2.41. The predicted octanol–water partition coefficient (Wildman–Crippen LogP) is 2.32. The molecule has 2 rings (SSSR count). The maximum absolute atomic E-state index is 12.7. The van der Waals surface area contributed by atoms with Gasteiger partial charge in [0.1, 0.15) is 11.1 Å². The van der Waals surface area contributed by atoms with Crippen LogP contribution in [0.3, 0.4) is 0 Å². The van der Waals surface area contributed by atoms with Gasteiger partial charge in [0, 0.05) is 18.6 Å². The highest BCUT2D eigenvalue weighted by atomic mass is 16.6. The summed E-state index contributed by atoms with van der Waals surface area (Å²) in [4.78, 5) is 28.4. The molecule has 6 heteroatoms. The first-order chi connectivity index (χ1) is 10.1. The molecule has 0 aromatic rings.